The van der Waals surface area contributed by atoms with Crippen molar-refractivity contribution >= 4 is 17.1 Å². The van der Waals surface area contributed by atoms with Gasteiger partial charge in [0.2, 0.25) is 0 Å². The summed E-state index contributed by atoms with van der Waals surface area (Å²) in [5.41, 5.74) is 1.61. The number of benzene rings is 1. The molecule has 0 aliphatic rings. The van der Waals surface area contributed by atoms with Gasteiger partial charge in [0.1, 0.15) is 11.3 Å². The molecule has 0 unspecified atom stereocenters. The molecule has 0 saturated carbocycles. The van der Waals surface area contributed by atoms with Crippen LogP contribution >= 0.6 is 0 Å². The van der Waals surface area contributed by atoms with E-state index in [2.05, 4.69) is 11.9 Å². The SMILES string of the molecule is CCCCn1c(=O)c(C=NC(C)(C)C)c(O)c2cccc(C)c21. The first-order chi connectivity index (χ1) is 10.8. The first-order valence-corrected chi connectivity index (χ1v) is 8.16. The van der Waals surface area contributed by atoms with Crippen LogP contribution in [-0.2, 0) is 6.54 Å². The van der Waals surface area contributed by atoms with Gasteiger partial charge in [0.25, 0.3) is 5.56 Å². The molecule has 0 radical (unpaired) electrons. The molecule has 0 aliphatic carbocycles. The van der Waals surface area contributed by atoms with Crippen LogP contribution in [0, 0.1) is 6.92 Å². The van der Waals surface area contributed by atoms with E-state index < -0.39 is 0 Å². The summed E-state index contributed by atoms with van der Waals surface area (Å²) in [7, 11) is 0. The Bertz CT molecular complexity index is 796. The third-order valence-corrected chi connectivity index (χ3v) is 3.81. The standard InChI is InChI=1S/C19H26N2O2/c1-6-7-11-21-16-13(2)9-8-10-14(16)17(22)15(18(21)23)12-20-19(3,4)5/h8-10,12,22H,6-7,11H2,1-5H3. The van der Waals surface area contributed by atoms with E-state index in [1.54, 1.807) is 4.57 Å². The quantitative estimate of drug-likeness (QED) is 0.866. The van der Waals surface area contributed by atoms with Crippen LogP contribution in [0.25, 0.3) is 10.9 Å². The summed E-state index contributed by atoms with van der Waals surface area (Å²) in [6.07, 6.45) is 3.44. The summed E-state index contributed by atoms with van der Waals surface area (Å²) in [4.78, 5) is 17.3. The number of unbranched alkanes of at least 4 members (excludes halogenated alkanes) is 1. The Hall–Kier alpha value is -2.10. The third kappa shape index (κ3) is 3.63. The molecular formula is C19H26N2O2. The van der Waals surface area contributed by atoms with Gasteiger partial charge in [-0.2, -0.15) is 0 Å². The van der Waals surface area contributed by atoms with Gasteiger partial charge >= 0.3 is 0 Å². The first kappa shape index (κ1) is 17.3. The van der Waals surface area contributed by atoms with Crippen LogP contribution in [0.15, 0.2) is 28.0 Å². The van der Waals surface area contributed by atoms with Gasteiger partial charge < -0.3 is 9.67 Å². The van der Waals surface area contributed by atoms with Gasteiger partial charge in [-0.15, -0.1) is 0 Å². The second kappa shape index (κ2) is 6.57. The molecule has 1 aromatic heterocycles. The zero-order valence-corrected chi connectivity index (χ0v) is 14.7. The van der Waals surface area contributed by atoms with E-state index in [-0.39, 0.29) is 22.4 Å². The lowest BCUT2D eigenvalue weighted by Crippen LogP contribution is -2.25. The molecule has 0 amide bonds. The van der Waals surface area contributed by atoms with Crippen LogP contribution < -0.4 is 5.56 Å². The van der Waals surface area contributed by atoms with Gasteiger partial charge in [-0.3, -0.25) is 9.79 Å². The van der Waals surface area contributed by atoms with Gasteiger partial charge in [-0.1, -0.05) is 25.5 Å². The number of nitrogens with zero attached hydrogens (tertiary/aromatic N) is 2. The minimum atomic E-state index is -0.297. The molecule has 1 heterocycles. The van der Waals surface area contributed by atoms with E-state index >= 15 is 0 Å². The van der Waals surface area contributed by atoms with Gasteiger partial charge in [0, 0.05) is 18.1 Å². The monoisotopic (exact) mass is 314 g/mol. The molecule has 0 atom stereocenters. The minimum Gasteiger partial charge on any atom is -0.506 e. The van der Waals surface area contributed by atoms with Crippen molar-refractivity contribution in [3.05, 3.63) is 39.7 Å². The highest BCUT2D eigenvalue weighted by atomic mass is 16.3. The van der Waals surface area contributed by atoms with Crippen molar-refractivity contribution in [1.82, 2.24) is 4.57 Å². The maximum absolute atomic E-state index is 12.9. The van der Waals surface area contributed by atoms with Crippen molar-refractivity contribution in [2.24, 2.45) is 4.99 Å². The number of hydrogen-bond acceptors (Lipinski definition) is 3. The Balaban J connectivity index is 2.79. The number of aromatic hydroxyl groups is 1. The van der Waals surface area contributed by atoms with E-state index in [0.29, 0.717) is 11.9 Å². The molecule has 4 heteroatoms. The summed E-state index contributed by atoms with van der Waals surface area (Å²) in [6.45, 7) is 10.6. The smallest absolute Gasteiger partial charge is 0.263 e. The highest BCUT2D eigenvalue weighted by molar-refractivity contribution is 5.96. The Morgan fingerprint density at radius 1 is 1.30 bits per heavy atom. The summed E-state index contributed by atoms with van der Waals surface area (Å²) in [5.74, 6) is 0.0226. The lowest BCUT2D eigenvalue weighted by molar-refractivity contribution is 0.477. The number of rotatable bonds is 4. The molecule has 1 aromatic carbocycles. The Morgan fingerprint density at radius 3 is 2.61 bits per heavy atom. The van der Waals surface area contributed by atoms with E-state index in [9.17, 15) is 9.90 Å². The van der Waals surface area contributed by atoms with E-state index in [4.69, 9.17) is 0 Å². The number of para-hydroxylation sites is 1. The molecular weight excluding hydrogens is 288 g/mol. The van der Waals surface area contributed by atoms with Gasteiger partial charge in [-0.05, 0) is 45.7 Å². The molecule has 0 fully saturated rings. The highest BCUT2D eigenvalue weighted by Crippen LogP contribution is 2.28. The number of fused-ring (bicyclic) bond motifs is 1. The maximum atomic E-state index is 12.9. The number of aromatic nitrogens is 1. The fourth-order valence-corrected chi connectivity index (χ4v) is 2.61. The highest BCUT2D eigenvalue weighted by Gasteiger charge is 2.17. The summed E-state index contributed by atoms with van der Waals surface area (Å²) < 4.78 is 1.78. The van der Waals surface area contributed by atoms with Crippen LogP contribution in [0.4, 0.5) is 0 Å². The predicted octanol–water partition coefficient (Wildman–Crippen LogP) is 4.03. The lowest BCUT2D eigenvalue weighted by Gasteiger charge is -2.16. The second-order valence-corrected chi connectivity index (χ2v) is 6.97. The fourth-order valence-electron chi connectivity index (χ4n) is 2.61. The van der Waals surface area contributed by atoms with Crippen LogP contribution in [0.1, 0.15) is 51.7 Å². The Morgan fingerprint density at radius 2 is 2.00 bits per heavy atom. The Kier molecular flexibility index (Phi) is 4.93. The van der Waals surface area contributed by atoms with Crippen molar-refractivity contribution in [2.75, 3.05) is 0 Å². The molecule has 0 spiro atoms. The van der Waals surface area contributed by atoms with Gasteiger partial charge in [0.05, 0.1) is 11.1 Å². The molecule has 23 heavy (non-hydrogen) atoms. The van der Waals surface area contributed by atoms with Crippen LogP contribution in [-0.4, -0.2) is 21.4 Å². The van der Waals surface area contributed by atoms with Crippen molar-refractivity contribution in [1.29, 1.82) is 0 Å². The lowest BCUT2D eigenvalue weighted by atomic mass is 10.1. The molecule has 0 saturated heterocycles. The van der Waals surface area contributed by atoms with E-state index in [0.717, 1.165) is 23.9 Å². The maximum Gasteiger partial charge on any atom is 0.263 e. The topological polar surface area (TPSA) is 54.6 Å². The van der Waals surface area contributed by atoms with Crippen molar-refractivity contribution in [3.63, 3.8) is 0 Å². The predicted molar refractivity (Wildman–Crippen MR) is 96.9 cm³/mol. The summed E-state index contributed by atoms with van der Waals surface area (Å²) in [6, 6.07) is 5.72. The average molecular weight is 314 g/mol. The number of pyridine rings is 1. The van der Waals surface area contributed by atoms with Crippen LogP contribution in [0.5, 0.6) is 5.75 Å². The normalized spacial score (nSPS) is 12.4. The van der Waals surface area contributed by atoms with Crippen LogP contribution in [0.2, 0.25) is 0 Å². The number of hydrogen-bond donors (Lipinski definition) is 1. The minimum absolute atomic E-state index is 0.0226. The Labute approximate surface area is 137 Å². The first-order valence-electron chi connectivity index (χ1n) is 8.16. The number of aliphatic imine (C=N–C) groups is 1. The largest absolute Gasteiger partial charge is 0.506 e. The van der Waals surface area contributed by atoms with E-state index in [1.165, 1.54) is 6.21 Å². The molecule has 2 aromatic rings. The van der Waals surface area contributed by atoms with Crippen molar-refractivity contribution < 1.29 is 5.11 Å². The number of aryl methyl sites for hydroxylation is 2. The molecule has 1 N–H and O–H groups in total. The third-order valence-electron chi connectivity index (χ3n) is 3.81. The molecule has 2 rings (SSSR count). The zero-order valence-electron chi connectivity index (χ0n) is 14.7. The van der Waals surface area contributed by atoms with E-state index in [1.807, 2.05) is 45.9 Å². The molecule has 0 bridgehead atoms. The second-order valence-electron chi connectivity index (χ2n) is 6.97. The van der Waals surface area contributed by atoms with Crippen LogP contribution in [0.3, 0.4) is 0 Å². The molecule has 124 valence electrons. The zero-order chi connectivity index (χ0) is 17.2. The molecule has 0 aliphatic heterocycles. The van der Waals surface area contributed by atoms with Crippen molar-refractivity contribution in [3.8, 4) is 5.75 Å². The summed E-state index contributed by atoms with van der Waals surface area (Å²) in [5, 5.41) is 11.3. The van der Waals surface area contributed by atoms with Crippen molar-refractivity contribution in [2.45, 2.75) is 59.5 Å². The molecule has 4 nitrogen and oxygen atoms in total. The fraction of sp³-hybridized carbons (Fsp3) is 0.474. The van der Waals surface area contributed by atoms with Gasteiger partial charge in [-0.25, -0.2) is 0 Å². The van der Waals surface area contributed by atoms with Gasteiger partial charge in [0.15, 0.2) is 0 Å². The average Bonchev–Trinajstić information content (AvgIpc) is 2.46. The summed E-state index contributed by atoms with van der Waals surface area (Å²) >= 11 is 0.